The van der Waals surface area contributed by atoms with Gasteiger partial charge in [-0.15, -0.1) is 10.2 Å². The number of halogens is 1. The average molecular weight is 689 g/mol. The van der Waals surface area contributed by atoms with Crippen LogP contribution in [0.25, 0.3) is 0 Å². The van der Waals surface area contributed by atoms with Crippen LogP contribution in [0.5, 0.6) is 0 Å². The van der Waals surface area contributed by atoms with Gasteiger partial charge in [0.1, 0.15) is 0 Å². The van der Waals surface area contributed by atoms with Crippen molar-refractivity contribution >= 4 is 21.8 Å². The lowest BCUT2D eigenvalue weighted by Crippen LogP contribution is -3.00. The molecule has 0 saturated carbocycles. The molecule has 226 valence electrons. The van der Waals surface area contributed by atoms with E-state index < -0.39 is 10.0 Å². The molecule has 1 heterocycles. The Kier molecular flexibility index (Phi) is 22.7. The van der Waals surface area contributed by atoms with Crippen LogP contribution in [0.4, 0.5) is 0 Å². The van der Waals surface area contributed by atoms with Crippen LogP contribution in [0.1, 0.15) is 115 Å². The number of nitrogens with one attached hydrogen (secondary N) is 1. The lowest BCUT2D eigenvalue weighted by Gasteiger charge is -2.23. The SMILES string of the molecule is CCCCCCCCCCCCCCCCSCC(CNS(=O)(=O)CCC[N+](C)(C)C)n1nnc(C)n1.[I-]. The summed E-state index contributed by atoms with van der Waals surface area (Å²) in [6.45, 7) is 5.20. The molecule has 8 nitrogen and oxygen atoms in total. The van der Waals surface area contributed by atoms with Crippen LogP contribution in [-0.4, -0.2) is 84.6 Å². The first-order chi connectivity index (χ1) is 17.6. The zero-order chi connectivity index (χ0) is 27.4. The molecule has 0 aromatic carbocycles. The molecule has 0 amide bonds. The van der Waals surface area contributed by atoms with Crippen LogP contribution in [0.15, 0.2) is 0 Å². The van der Waals surface area contributed by atoms with Gasteiger partial charge in [0.2, 0.25) is 10.0 Å². The number of hydrogen-bond acceptors (Lipinski definition) is 6. The number of aryl methyl sites for hydroxylation is 1. The van der Waals surface area contributed by atoms with Gasteiger partial charge in [-0.05, 0) is 24.3 Å². The standard InChI is InChI=1S/C27H57N6O2S2.HI/c1-6-7-8-9-10-11-12-13-14-15-16-17-18-19-22-36-25-27(32-30-26(2)29-31-32)24-28-37(34,35)23-20-21-33(3,4)5;/h27-28H,6-25H2,1-5H3;1H/q+1;/p-1. The maximum absolute atomic E-state index is 12.5. The summed E-state index contributed by atoms with van der Waals surface area (Å²) < 4.78 is 28.5. The zero-order valence-electron chi connectivity index (χ0n) is 25.0. The number of thioether (sulfide) groups is 1. The van der Waals surface area contributed by atoms with E-state index in [9.17, 15) is 8.42 Å². The fourth-order valence-electron chi connectivity index (χ4n) is 4.30. The second-order valence-electron chi connectivity index (χ2n) is 11.5. The summed E-state index contributed by atoms with van der Waals surface area (Å²) in [5.41, 5.74) is 0. The van der Waals surface area contributed by atoms with E-state index in [1.54, 1.807) is 11.7 Å². The summed E-state index contributed by atoms with van der Waals surface area (Å²) in [4.78, 5) is 1.57. The van der Waals surface area contributed by atoms with Crippen molar-refractivity contribution in [3.63, 3.8) is 0 Å². The van der Waals surface area contributed by atoms with E-state index in [0.29, 0.717) is 18.8 Å². The quantitative estimate of drug-likeness (QED) is 0.0967. The average Bonchev–Trinajstić information content (AvgIpc) is 3.25. The van der Waals surface area contributed by atoms with E-state index in [0.717, 1.165) is 22.5 Å². The monoisotopic (exact) mass is 688 g/mol. The van der Waals surface area contributed by atoms with Crippen molar-refractivity contribution in [1.29, 1.82) is 0 Å². The summed E-state index contributed by atoms with van der Waals surface area (Å²) >= 11 is 1.86. The Hall–Kier alpha value is 0.0200. The van der Waals surface area contributed by atoms with Crippen molar-refractivity contribution < 1.29 is 36.9 Å². The minimum atomic E-state index is -3.32. The van der Waals surface area contributed by atoms with E-state index in [1.807, 2.05) is 11.8 Å². The number of tetrazole rings is 1. The van der Waals surface area contributed by atoms with Gasteiger partial charge in [0.15, 0.2) is 5.82 Å². The van der Waals surface area contributed by atoms with Gasteiger partial charge >= 0.3 is 0 Å². The first-order valence-electron chi connectivity index (χ1n) is 14.7. The molecule has 11 heteroatoms. The van der Waals surface area contributed by atoms with Gasteiger partial charge in [-0.1, -0.05) is 90.4 Å². The lowest BCUT2D eigenvalue weighted by molar-refractivity contribution is -0.870. The van der Waals surface area contributed by atoms with Crippen LogP contribution in [0, 0.1) is 6.92 Å². The van der Waals surface area contributed by atoms with Gasteiger partial charge in [-0.25, -0.2) is 13.1 Å². The second-order valence-corrected chi connectivity index (χ2v) is 14.6. The van der Waals surface area contributed by atoms with E-state index in [4.69, 9.17) is 0 Å². The molecule has 1 aromatic heterocycles. The molecule has 0 aliphatic heterocycles. The molecule has 1 unspecified atom stereocenters. The Balaban J connectivity index is 0.0000137. The van der Waals surface area contributed by atoms with Gasteiger partial charge in [0.25, 0.3) is 0 Å². The van der Waals surface area contributed by atoms with Crippen molar-refractivity contribution in [3.05, 3.63) is 5.82 Å². The summed E-state index contributed by atoms with van der Waals surface area (Å²) in [6.07, 6.45) is 19.8. The maximum atomic E-state index is 12.5. The predicted octanol–water partition coefficient (Wildman–Crippen LogP) is 2.76. The van der Waals surface area contributed by atoms with Gasteiger partial charge < -0.3 is 28.5 Å². The molecular formula is C27H57IN6O2S2. The van der Waals surface area contributed by atoms with Crippen molar-refractivity contribution in [3.8, 4) is 0 Å². The van der Waals surface area contributed by atoms with Crippen LogP contribution < -0.4 is 28.7 Å². The molecule has 0 aliphatic rings. The Morgan fingerprint density at radius 1 is 0.868 bits per heavy atom. The van der Waals surface area contributed by atoms with Crippen molar-refractivity contribution in [1.82, 2.24) is 24.9 Å². The highest BCUT2D eigenvalue weighted by molar-refractivity contribution is 7.99. The molecular weight excluding hydrogens is 631 g/mol. The van der Waals surface area contributed by atoms with Crippen LogP contribution in [0.3, 0.4) is 0 Å². The Labute approximate surface area is 255 Å². The maximum Gasteiger partial charge on any atom is 0.211 e. The highest BCUT2D eigenvalue weighted by Crippen LogP contribution is 2.17. The molecule has 38 heavy (non-hydrogen) atoms. The number of quaternary nitrogens is 1. The largest absolute Gasteiger partial charge is 1.00 e. The minimum absolute atomic E-state index is 0. The van der Waals surface area contributed by atoms with E-state index in [2.05, 4.69) is 48.2 Å². The Morgan fingerprint density at radius 3 is 1.87 bits per heavy atom. The highest BCUT2D eigenvalue weighted by atomic mass is 127. The van der Waals surface area contributed by atoms with E-state index in [1.165, 1.54) is 89.9 Å². The van der Waals surface area contributed by atoms with Crippen molar-refractivity contribution in [2.45, 2.75) is 116 Å². The third-order valence-electron chi connectivity index (χ3n) is 6.59. The van der Waals surface area contributed by atoms with E-state index >= 15 is 0 Å². The summed E-state index contributed by atoms with van der Waals surface area (Å²) in [6, 6.07) is -0.133. The summed E-state index contributed by atoms with van der Waals surface area (Å²) in [5, 5.41) is 12.4. The third-order valence-corrected chi connectivity index (χ3v) is 9.22. The first-order valence-corrected chi connectivity index (χ1v) is 17.6. The molecule has 0 radical (unpaired) electrons. The van der Waals surface area contributed by atoms with Crippen LogP contribution >= 0.6 is 11.8 Å². The fraction of sp³-hybridized carbons (Fsp3) is 0.963. The van der Waals surface area contributed by atoms with E-state index in [-0.39, 0.29) is 35.8 Å². The molecule has 1 N–H and O–H groups in total. The first kappa shape index (κ1) is 38.0. The zero-order valence-corrected chi connectivity index (χ0v) is 28.8. The van der Waals surface area contributed by atoms with Gasteiger partial charge in [-0.3, -0.25) is 0 Å². The molecule has 1 atom stereocenters. The molecule has 1 aromatic rings. The van der Waals surface area contributed by atoms with Gasteiger partial charge in [0, 0.05) is 18.7 Å². The fourth-order valence-corrected chi connectivity index (χ4v) is 6.50. The van der Waals surface area contributed by atoms with Crippen LogP contribution in [0.2, 0.25) is 0 Å². The predicted molar refractivity (Wildman–Crippen MR) is 159 cm³/mol. The minimum Gasteiger partial charge on any atom is -1.00 e. The van der Waals surface area contributed by atoms with Crippen LogP contribution in [-0.2, 0) is 10.0 Å². The number of nitrogens with zero attached hydrogens (tertiary/aromatic N) is 5. The Morgan fingerprint density at radius 2 is 1.39 bits per heavy atom. The number of hydrogen-bond donors (Lipinski definition) is 1. The Bertz CT molecular complexity index is 787. The number of unbranched alkanes of at least 4 members (excludes halogenated alkanes) is 13. The molecule has 0 aliphatic carbocycles. The van der Waals surface area contributed by atoms with Gasteiger partial charge in [0.05, 0.1) is 39.5 Å². The third kappa shape index (κ3) is 21.8. The molecule has 1 rings (SSSR count). The molecule has 0 fully saturated rings. The lowest BCUT2D eigenvalue weighted by atomic mass is 10.0. The number of aromatic nitrogens is 4. The van der Waals surface area contributed by atoms with Crippen molar-refractivity contribution in [2.75, 3.05) is 51.5 Å². The summed E-state index contributed by atoms with van der Waals surface area (Å²) in [5.74, 6) is 2.60. The normalized spacial score (nSPS) is 13.0. The molecule has 0 bridgehead atoms. The summed E-state index contributed by atoms with van der Waals surface area (Å²) in [7, 11) is 2.90. The second kappa shape index (κ2) is 22.7. The topological polar surface area (TPSA) is 89.8 Å². The highest BCUT2D eigenvalue weighted by Gasteiger charge is 2.19. The number of rotatable bonds is 25. The molecule has 0 spiro atoms. The molecule has 0 saturated heterocycles. The van der Waals surface area contributed by atoms with Gasteiger partial charge in [-0.2, -0.15) is 16.6 Å². The number of sulfonamides is 1. The van der Waals surface area contributed by atoms with Crippen molar-refractivity contribution in [2.24, 2.45) is 0 Å². The smallest absolute Gasteiger partial charge is 0.211 e.